The van der Waals surface area contributed by atoms with E-state index in [9.17, 15) is 4.79 Å². The van der Waals surface area contributed by atoms with Gasteiger partial charge in [-0.3, -0.25) is 0 Å². The first-order chi connectivity index (χ1) is 9.49. The average Bonchev–Trinajstić information content (AvgIpc) is 2.40. The number of hydrogen-bond acceptors (Lipinski definition) is 3. The van der Waals surface area contributed by atoms with Crippen molar-refractivity contribution in [2.75, 3.05) is 5.73 Å². The second kappa shape index (κ2) is 6.35. The molecule has 0 fully saturated rings. The molecule has 2 aromatic carbocycles. The fourth-order valence-corrected chi connectivity index (χ4v) is 2.21. The minimum atomic E-state index is -0.559. The Labute approximate surface area is 131 Å². The van der Waals surface area contributed by atoms with Crippen molar-refractivity contribution < 1.29 is 9.53 Å². The van der Waals surface area contributed by atoms with Crippen molar-refractivity contribution in [1.82, 2.24) is 0 Å². The Morgan fingerprint density at radius 3 is 2.55 bits per heavy atom. The van der Waals surface area contributed by atoms with Crippen LogP contribution in [0.5, 0.6) is 0 Å². The molecule has 0 heterocycles. The van der Waals surface area contributed by atoms with Gasteiger partial charge in [-0.25, -0.2) is 4.79 Å². The molecule has 0 aliphatic rings. The summed E-state index contributed by atoms with van der Waals surface area (Å²) in [5, 5.41) is 1.26. The van der Waals surface area contributed by atoms with Gasteiger partial charge in [-0.05, 0) is 24.3 Å². The van der Waals surface area contributed by atoms with E-state index in [2.05, 4.69) is 0 Å². The van der Waals surface area contributed by atoms with Gasteiger partial charge >= 0.3 is 5.97 Å². The van der Waals surface area contributed by atoms with Gasteiger partial charge in [0.2, 0.25) is 0 Å². The predicted octanol–water partition coefficient (Wildman–Crippen LogP) is 4.59. The van der Waals surface area contributed by atoms with Crippen LogP contribution in [0.2, 0.25) is 15.1 Å². The number of nitrogens with two attached hydrogens (primary N) is 1. The number of ether oxygens (including phenoxy) is 1. The van der Waals surface area contributed by atoms with E-state index in [0.29, 0.717) is 20.6 Å². The Balaban J connectivity index is 2.11. The van der Waals surface area contributed by atoms with E-state index in [1.165, 1.54) is 0 Å². The van der Waals surface area contributed by atoms with Gasteiger partial charge in [-0.15, -0.1) is 0 Å². The fourth-order valence-electron chi connectivity index (χ4n) is 1.57. The summed E-state index contributed by atoms with van der Waals surface area (Å²) in [6.45, 7) is 0.0286. The molecule has 0 saturated heterocycles. The minimum Gasteiger partial charge on any atom is -0.457 e. The van der Waals surface area contributed by atoms with Gasteiger partial charge in [0.1, 0.15) is 6.61 Å². The summed E-state index contributed by atoms with van der Waals surface area (Å²) < 4.78 is 5.17. The third-order valence-electron chi connectivity index (χ3n) is 2.65. The summed E-state index contributed by atoms with van der Waals surface area (Å²) in [6.07, 6.45) is 0. The number of halogens is 3. The van der Waals surface area contributed by atoms with E-state index < -0.39 is 5.97 Å². The molecule has 0 aromatic heterocycles. The van der Waals surface area contributed by atoms with Crippen LogP contribution >= 0.6 is 34.8 Å². The fraction of sp³-hybridized carbons (Fsp3) is 0.0714. The van der Waals surface area contributed by atoms with Crippen molar-refractivity contribution >= 4 is 46.5 Å². The van der Waals surface area contributed by atoms with Crippen LogP contribution in [0.3, 0.4) is 0 Å². The average molecular weight is 331 g/mol. The Morgan fingerprint density at radius 2 is 1.85 bits per heavy atom. The van der Waals surface area contributed by atoms with Crippen molar-refractivity contribution in [3.63, 3.8) is 0 Å². The number of anilines is 1. The largest absolute Gasteiger partial charge is 0.457 e. The van der Waals surface area contributed by atoms with E-state index in [1.807, 2.05) is 0 Å². The molecule has 0 bridgehead atoms. The third-order valence-corrected chi connectivity index (χ3v) is 3.56. The number of nitrogen functional groups attached to an aromatic ring is 1. The Morgan fingerprint density at radius 1 is 1.10 bits per heavy atom. The van der Waals surface area contributed by atoms with Gasteiger partial charge in [0, 0.05) is 15.6 Å². The highest BCUT2D eigenvalue weighted by Gasteiger charge is 2.14. The van der Waals surface area contributed by atoms with Crippen molar-refractivity contribution in [3.05, 3.63) is 62.6 Å². The molecule has 2 rings (SSSR count). The van der Waals surface area contributed by atoms with Crippen LogP contribution in [0.1, 0.15) is 15.9 Å². The smallest absolute Gasteiger partial charge is 0.340 e. The number of carbonyl (C=O) groups excluding carboxylic acids is 1. The molecular formula is C14H10Cl3NO2. The van der Waals surface area contributed by atoms with E-state index in [4.69, 9.17) is 45.3 Å². The molecule has 104 valence electrons. The normalized spacial score (nSPS) is 10.3. The maximum atomic E-state index is 11.9. The SMILES string of the molecule is Nc1c(Cl)cccc1C(=O)OCc1ccc(Cl)cc1Cl. The first-order valence-electron chi connectivity index (χ1n) is 5.64. The number of esters is 1. The lowest BCUT2D eigenvalue weighted by Crippen LogP contribution is -2.08. The van der Waals surface area contributed by atoms with Crippen LogP contribution in [-0.4, -0.2) is 5.97 Å². The second-order valence-corrected chi connectivity index (χ2v) is 5.26. The maximum Gasteiger partial charge on any atom is 0.340 e. The minimum absolute atomic E-state index is 0.0286. The molecule has 3 nitrogen and oxygen atoms in total. The van der Waals surface area contributed by atoms with E-state index >= 15 is 0 Å². The van der Waals surface area contributed by atoms with Crippen LogP contribution in [0.25, 0.3) is 0 Å². The van der Waals surface area contributed by atoms with Crippen molar-refractivity contribution in [3.8, 4) is 0 Å². The molecule has 2 N–H and O–H groups in total. The van der Waals surface area contributed by atoms with Crippen LogP contribution in [0.4, 0.5) is 5.69 Å². The van der Waals surface area contributed by atoms with Crippen molar-refractivity contribution in [2.45, 2.75) is 6.61 Å². The van der Waals surface area contributed by atoms with E-state index in [-0.39, 0.29) is 17.9 Å². The number of rotatable bonds is 3. The summed E-state index contributed by atoms with van der Waals surface area (Å²) in [6, 6.07) is 9.73. The maximum absolute atomic E-state index is 11.9. The highest BCUT2D eigenvalue weighted by Crippen LogP contribution is 2.25. The molecule has 20 heavy (non-hydrogen) atoms. The summed E-state index contributed by atoms with van der Waals surface area (Å²) in [5.74, 6) is -0.559. The van der Waals surface area contributed by atoms with Crippen LogP contribution in [-0.2, 0) is 11.3 Å². The Kier molecular flexibility index (Phi) is 4.76. The number of para-hydroxylation sites is 1. The van der Waals surface area contributed by atoms with Crippen LogP contribution < -0.4 is 5.73 Å². The molecule has 6 heteroatoms. The number of carbonyl (C=O) groups is 1. The summed E-state index contributed by atoms with van der Waals surface area (Å²) >= 11 is 17.6. The standard InChI is InChI=1S/C14H10Cl3NO2/c15-9-5-4-8(12(17)6-9)7-20-14(19)10-2-1-3-11(16)13(10)18/h1-6H,7,18H2. The third kappa shape index (κ3) is 3.37. The molecule has 0 radical (unpaired) electrons. The second-order valence-electron chi connectivity index (χ2n) is 4.01. The molecule has 0 saturated carbocycles. The van der Waals surface area contributed by atoms with Crippen LogP contribution in [0, 0.1) is 0 Å². The molecule has 0 atom stereocenters. The highest BCUT2D eigenvalue weighted by molar-refractivity contribution is 6.35. The lowest BCUT2D eigenvalue weighted by atomic mass is 10.2. The zero-order chi connectivity index (χ0) is 14.7. The van der Waals surface area contributed by atoms with Gasteiger partial charge in [0.15, 0.2) is 0 Å². The van der Waals surface area contributed by atoms with Crippen molar-refractivity contribution in [1.29, 1.82) is 0 Å². The Hall–Kier alpha value is -1.42. The summed E-state index contributed by atoms with van der Waals surface area (Å²) in [4.78, 5) is 11.9. The number of benzene rings is 2. The topological polar surface area (TPSA) is 52.3 Å². The van der Waals surface area contributed by atoms with E-state index in [0.717, 1.165) is 0 Å². The molecular weight excluding hydrogens is 321 g/mol. The first-order valence-corrected chi connectivity index (χ1v) is 6.77. The van der Waals surface area contributed by atoms with Gasteiger partial charge in [-0.1, -0.05) is 46.9 Å². The zero-order valence-corrected chi connectivity index (χ0v) is 12.5. The summed E-state index contributed by atoms with van der Waals surface area (Å²) in [5.41, 5.74) is 6.80. The first kappa shape index (κ1) is 15.0. The molecule has 0 aliphatic carbocycles. The van der Waals surface area contributed by atoms with Crippen LogP contribution in [0.15, 0.2) is 36.4 Å². The van der Waals surface area contributed by atoms with Gasteiger partial charge in [-0.2, -0.15) is 0 Å². The van der Waals surface area contributed by atoms with Gasteiger partial charge in [0.05, 0.1) is 16.3 Å². The molecule has 0 aliphatic heterocycles. The van der Waals surface area contributed by atoms with Crippen molar-refractivity contribution in [2.24, 2.45) is 0 Å². The van der Waals surface area contributed by atoms with E-state index in [1.54, 1.807) is 36.4 Å². The van der Waals surface area contributed by atoms with Gasteiger partial charge in [0.25, 0.3) is 0 Å². The molecule has 0 spiro atoms. The summed E-state index contributed by atoms with van der Waals surface area (Å²) in [7, 11) is 0. The quantitative estimate of drug-likeness (QED) is 0.661. The predicted molar refractivity (Wildman–Crippen MR) is 81.4 cm³/mol. The monoisotopic (exact) mass is 329 g/mol. The molecule has 0 unspecified atom stereocenters. The lowest BCUT2D eigenvalue weighted by Gasteiger charge is -2.09. The highest BCUT2D eigenvalue weighted by atomic mass is 35.5. The lowest BCUT2D eigenvalue weighted by molar-refractivity contribution is 0.0474. The number of hydrogen-bond donors (Lipinski definition) is 1. The van der Waals surface area contributed by atoms with Gasteiger partial charge < -0.3 is 10.5 Å². The molecule has 2 aromatic rings. The Bertz CT molecular complexity index is 659. The zero-order valence-electron chi connectivity index (χ0n) is 10.2. The molecule has 0 amide bonds.